The summed E-state index contributed by atoms with van der Waals surface area (Å²) in [5, 5.41) is 0. The van der Waals surface area contributed by atoms with Crippen molar-refractivity contribution in [3.05, 3.63) is 35.9 Å². The highest BCUT2D eigenvalue weighted by atomic mass is 35.5. The number of likely N-dealkylation sites (N-methyl/N-ethyl adjacent to an activating group) is 1. The fraction of sp³-hybridized carbons (Fsp3) is 0.533. The van der Waals surface area contributed by atoms with E-state index in [1.807, 2.05) is 36.9 Å². The number of hydrogen-bond donors (Lipinski definition) is 1. The predicted octanol–water partition coefficient (Wildman–Crippen LogP) is 2.56. The second-order valence-corrected chi connectivity index (χ2v) is 5.32. The van der Waals surface area contributed by atoms with Gasteiger partial charge in [0.1, 0.15) is 0 Å². The van der Waals surface area contributed by atoms with Crippen LogP contribution in [0.25, 0.3) is 0 Å². The first-order valence-corrected chi connectivity index (χ1v) is 7.26. The van der Waals surface area contributed by atoms with Crippen LogP contribution in [0.3, 0.4) is 0 Å². The lowest BCUT2D eigenvalue weighted by Gasteiger charge is -2.26. The van der Waals surface area contributed by atoms with Gasteiger partial charge in [0, 0.05) is 19.6 Å². The number of nitrogens with zero attached hydrogens (tertiary/aromatic N) is 1. The summed E-state index contributed by atoms with van der Waals surface area (Å²) in [7, 11) is 0. The summed E-state index contributed by atoms with van der Waals surface area (Å²) in [6, 6.07) is 10.1. The molecule has 1 aromatic rings. The third-order valence-electron chi connectivity index (χ3n) is 4.15. The van der Waals surface area contributed by atoms with Gasteiger partial charge in [0.05, 0.1) is 5.41 Å². The minimum absolute atomic E-state index is 0.237. The summed E-state index contributed by atoms with van der Waals surface area (Å²) >= 11 is 5.63. The lowest BCUT2D eigenvalue weighted by molar-refractivity contribution is -0.134. The molecule has 2 unspecified atom stereocenters. The van der Waals surface area contributed by atoms with Gasteiger partial charge in [0.25, 0.3) is 0 Å². The van der Waals surface area contributed by atoms with E-state index in [-0.39, 0.29) is 11.3 Å². The van der Waals surface area contributed by atoms with Crippen LogP contribution >= 0.6 is 11.8 Å². The van der Waals surface area contributed by atoms with Gasteiger partial charge in [-0.15, -0.1) is 0 Å². The van der Waals surface area contributed by atoms with E-state index in [0.717, 1.165) is 25.1 Å². The number of carbonyl (C=O) groups excluding carboxylic acids is 1. The average Bonchev–Trinajstić information content (AvgIpc) is 3.17. The Hall–Kier alpha value is -1.06. The van der Waals surface area contributed by atoms with Gasteiger partial charge in [-0.05, 0) is 43.5 Å². The third-order valence-corrected chi connectivity index (χ3v) is 4.30. The van der Waals surface area contributed by atoms with Crippen LogP contribution in [-0.4, -0.2) is 30.4 Å². The molecule has 1 aliphatic rings. The highest BCUT2D eigenvalue weighted by molar-refractivity contribution is 6.13. The fourth-order valence-electron chi connectivity index (χ4n) is 2.94. The number of carbonyl (C=O) groups is 1. The summed E-state index contributed by atoms with van der Waals surface area (Å²) in [6.45, 7) is 6.23. The van der Waals surface area contributed by atoms with Gasteiger partial charge in [0.15, 0.2) is 0 Å². The van der Waals surface area contributed by atoms with E-state index in [1.165, 1.54) is 0 Å². The molecule has 1 amide bonds. The molecule has 0 bridgehead atoms. The molecule has 2 atom stereocenters. The van der Waals surface area contributed by atoms with E-state index in [9.17, 15) is 4.79 Å². The molecule has 0 heterocycles. The van der Waals surface area contributed by atoms with Gasteiger partial charge >= 0.3 is 0 Å². The molecule has 104 valence electrons. The lowest BCUT2D eigenvalue weighted by atomic mass is 9.91. The van der Waals surface area contributed by atoms with Gasteiger partial charge in [-0.3, -0.25) is 4.79 Å². The summed E-state index contributed by atoms with van der Waals surface area (Å²) in [5.74, 6) is 0.529. The highest BCUT2D eigenvalue weighted by Crippen LogP contribution is 2.55. The zero-order valence-electron chi connectivity index (χ0n) is 11.5. The number of nitrogens with one attached hydrogen (secondary N) is 1. The number of hydrogen-bond acceptors (Lipinski definition) is 2. The van der Waals surface area contributed by atoms with E-state index in [2.05, 4.69) is 17.0 Å². The molecule has 19 heavy (non-hydrogen) atoms. The SMILES string of the molecule is CCN(CC)C(=O)C1(c2ccccc2)CC1CNCl. The second kappa shape index (κ2) is 5.93. The Bertz CT molecular complexity index is 433. The molecule has 4 heteroatoms. The standard InChI is InChI=1S/C15H21ClN2O/c1-3-18(4-2)14(19)15(10-13(15)11-17-16)12-8-6-5-7-9-12/h5-9,13,17H,3-4,10-11H2,1-2H3. The normalized spacial score (nSPS) is 25.1. The summed E-state index contributed by atoms with van der Waals surface area (Å²) < 4.78 is 0. The Morgan fingerprint density at radius 3 is 2.53 bits per heavy atom. The predicted molar refractivity (Wildman–Crippen MR) is 78.0 cm³/mol. The lowest BCUT2D eigenvalue weighted by Crippen LogP contribution is -2.40. The average molecular weight is 281 g/mol. The van der Waals surface area contributed by atoms with E-state index in [0.29, 0.717) is 12.5 Å². The van der Waals surface area contributed by atoms with Crippen LogP contribution in [0, 0.1) is 5.92 Å². The maximum absolute atomic E-state index is 12.8. The van der Waals surface area contributed by atoms with Crippen LogP contribution in [-0.2, 0) is 10.2 Å². The zero-order valence-corrected chi connectivity index (χ0v) is 12.3. The maximum Gasteiger partial charge on any atom is 0.233 e. The Labute approximate surface area is 120 Å². The highest BCUT2D eigenvalue weighted by Gasteiger charge is 2.61. The molecule has 0 spiro atoms. The van der Waals surface area contributed by atoms with Crippen LogP contribution in [0.1, 0.15) is 25.8 Å². The number of benzene rings is 1. The van der Waals surface area contributed by atoms with Crippen molar-refractivity contribution in [1.29, 1.82) is 0 Å². The van der Waals surface area contributed by atoms with Crippen molar-refractivity contribution in [1.82, 2.24) is 9.74 Å². The Kier molecular flexibility index (Phi) is 4.48. The molecule has 1 aliphatic carbocycles. The second-order valence-electron chi connectivity index (χ2n) is 5.05. The number of rotatable bonds is 6. The van der Waals surface area contributed by atoms with Crippen LogP contribution in [0.4, 0.5) is 0 Å². The van der Waals surface area contributed by atoms with Crippen molar-refractivity contribution < 1.29 is 4.79 Å². The molecule has 0 radical (unpaired) electrons. The first kappa shape index (κ1) is 14.4. The summed E-state index contributed by atoms with van der Waals surface area (Å²) in [5.41, 5.74) is 0.749. The van der Waals surface area contributed by atoms with Gasteiger partial charge in [0.2, 0.25) is 5.91 Å². The van der Waals surface area contributed by atoms with Crippen molar-refractivity contribution in [3.8, 4) is 0 Å². The van der Waals surface area contributed by atoms with E-state index < -0.39 is 0 Å². The molecule has 1 saturated carbocycles. The summed E-state index contributed by atoms with van der Waals surface area (Å²) in [4.78, 5) is 17.4. The molecule has 1 N–H and O–H groups in total. The first-order chi connectivity index (χ1) is 9.20. The van der Waals surface area contributed by atoms with Crippen LogP contribution in [0.15, 0.2) is 30.3 Å². The van der Waals surface area contributed by atoms with Crippen molar-refractivity contribution in [2.75, 3.05) is 19.6 Å². The minimum atomic E-state index is -0.366. The Morgan fingerprint density at radius 2 is 2.00 bits per heavy atom. The van der Waals surface area contributed by atoms with E-state index in [4.69, 9.17) is 11.8 Å². The van der Waals surface area contributed by atoms with Crippen LogP contribution in [0.5, 0.6) is 0 Å². The number of halogens is 1. The van der Waals surface area contributed by atoms with Crippen LogP contribution in [0.2, 0.25) is 0 Å². The molecular weight excluding hydrogens is 260 g/mol. The maximum atomic E-state index is 12.8. The van der Waals surface area contributed by atoms with Crippen molar-refractivity contribution >= 4 is 17.7 Å². The van der Waals surface area contributed by atoms with Gasteiger partial charge in [-0.2, -0.15) is 0 Å². The minimum Gasteiger partial charge on any atom is -0.342 e. The molecule has 0 aromatic heterocycles. The molecule has 0 saturated heterocycles. The first-order valence-electron chi connectivity index (χ1n) is 6.89. The van der Waals surface area contributed by atoms with Crippen molar-refractivity contribution in [3.63, 3.8) is 0 Å². The Morgan fingerprint density at radius 1 is 1.37 bits per heavy atom. The van der Waals surface area contributed by atoms with Gasteiger partial charge in [-0.25, -0.2) is 4.84 Å². The quantitative estimate of drug-likeness (QED) is 0.812. The Balaban J connectivity index is 2.30. The van der Waals surface area contributed by atoms with Crippen LogP contribution < -0.4 is 4.84 Å². The van der Waals surface area contributed by atoms with Gasteiger partial charge < -0.3 is 4.90 Å². The van der Waals surface area contributed by atoms with E-state index >= 15 is 0 Å². The topological polar surface area (TPSA) is 32.3 Å². The monoisotopic (exact) mass is 280 g/mol. The molecule has 2 rings (SSSR count). The van der Waals surface area contributed by atoms with Crippen molar-refractivity contribution in [2.24, 2.45) is 5.92 Å². The van der Waals surface area contributed by atoms with Gasteiger partial charge in [-0.1, -0.05) is 30.3 Å². The molecular formula is C15H21ClN2O. The molecule has 3 nitrogen and oxygen atoms in total. The fourth-order valence-corrected chi connectivity index (χ4v) is 3.12. The number of amides is 1. The third kappa shape index (κ3) is 2.49. The molecule has 1 aromatic carbocycles. The smallest absolute Gasteiger partial charge is 0.233 e. The molecule has 1 fully saturated rings. The largest absolute Gasteiger partial charge is 0.342 e. The molecule has 0 aliphatic heterocycles. The zero-order chi connectivity index (χ0) is 13.9. The van der Waals surface area contributed by atoms with E-state index in [1.54, 1.807) is 0 Å². The summed E-state index contributed by atoms with van der Waals surface area (Å²) in [6.07, 6.45) is 0.881. The van der Waals surface area contributed by atoms with Crippen molar-refractivity contribution in [2.45, 2.75) is 25.7 Å².